The Morgan fingerprint density at radius 1 is 1.42 bits per heavy atom. The Bertz CT molecular complexity index is 292. The van der Waals surface area contributed by atoms with Gasteiger partial charge in [0.05, 0.1) is 7.11 Å². The maximum absolute atomic E-state index is 13.3. The van der Waals surface area contributed by atoms with Gasteiger partial charge < -0.3 is 4.74 Å². The van der Waals surface area contributed by atoms with Crippen LogP contribution in [0.15, 0.2) is 24.3 Å². The molecule has 0 atom stereocenters. The number of rotatable bonds is 2. The number of allylic oxidation sites excluding steroid dienone is 1. The van der Waals surface area contributed by atoms with Gasteiger partial charge in [0.1, 0.15) is 0 Å². The van der Waals surface area contributed by atoms with Crippen molar-refractivity contribution in [3.63, 3.8) is 0 Å². The molecule has 1 aromatic carbocycles. The Labute approximate surface area is 71.5 Å². The van der Waals surface area contributed by atoms with E-state index in [2.05, 4.69) is 0 Å². The molecular weight excluding hydrogens is 155 g/mol. The summed E-state index contributed by atoms with van der Waals surface area (Å²) in [6.45, 7) is 1.85. The summed E-state index contributed by atoms with van der Waals surface area (Å²) < 4.78 is 18.1. The van der Waals surface area contributed by atoms with Crippen molar-refractivity contribution in [2.24, 2.45) is 0 Å². The van der Waals surface area contributed by atoms with E-state index in [1.165, 1.54) is 7.11 Å². The van der Waals surface area contributed by atoms with Crippen LogP contribution < -0.4 is 4.74 Å². The van der Waals surface area contributed by atoms with Crippen molar-refractivity contribution >= 4 is 6.08 Å². The molecule has 0 radical (unpaired) electrons. The Morgan fingerprint density at radius 2 is 2.17 bits per heavy atom. The van der Waals surface area contributed by atoms with Crippen LogP contribution in [0.1, 0.15) is 12.5 Å². The van der Waals surface area contributed by atoms with Crippen molar-refractivity contribution in [2.45, 2.75) is 6.92 Å². The molecule has 12 heavy (non-hydrogen) atoms. The number of ether oxygens (including phenoxy) is 1. The molecule has 0 amide bonds. The van der Waals surface area contributed by atoms with Gasteiger partial charge in [-0.2, -0.15) is 0 Å². The van der Waals surface area contributed by atoms with E-state index in [4.69, 9.17) is 4.74 Å². The summed E-state index contributed by atoms with van der Waals surface area (Å²) in [5, 5.41) is 0. The molecule has 1 nitrogen and oxygen atoms in total. The molecule has 1 rings (SSSR count). The first-order valence-electron chi connectivity index (χ1n) is 3.74. The third-order valence-corrected chi connectivity index (χ3v) is 1.56. The van der Waals surface area contributed by atoms with Crippen LogP contribution in [-0.4, -0.2) is 7.11 Å². The van der Waals surface area contributed by atoms with E-state index in [-0.39, 0.29) is 11.6 Å². The third kappa shape index (κ3) is 1.64. The van der Waals surface area contributed by atoms with Crippen LogP contribution in [0.4, 0.5) is 4.39 Å². The van der Waals surface area contributed by atoms with Crippen molar-refractivity contribution < 1.29 is 9.13 Å². The monoisotopic (exact) mass is 166 g/mol. The van der Waals surface area contributed by atoms with E-state index >= 15 is 0 Å². The Morgan fingerprint density at radius 3 is 2.75 bits per heavy atom. The highest BCUT2D eigenvalue weighted by molar-refractivity contribution is 5.52. The normalized spacial score (nSPS) is 10.6. The first-order chi connectivity index (χ1) is 5.79. The second-order valence-corrected chi connectivity index (χ2v) is 2.36. The van der Waals surface area contributed by atoms with Gasteiger partial charge in [-0.1, -0.05) is 24.3 Å². The minimum atomic E-state index is -0.307. The van der Waals surface area contributed by atoms with Crippen LogP contribution >= 0.6 is 0 Å². The molecule has 0 N–H and O–H groups in total. The van der Waals surface area contributed by atoms with Gasteiger partial charge in [-0.3, -0.25) is 0 Å². The minimum Gasteiger partial charge on any atom is -0.494 e. The van der Waals surface area contributed by atoms with Gasteiger partial charge >= 0.3 is 0 Å². The van der Waals surface area contributed by atoms with Crippen LogP contribution in [-0.2, 0) is 0 Å². The predicted octanol–water partition coefficient (Wildman–Crippen LogP) is 2.87. The Balaban J connectivity index is 3.13. The first kappa shape index (κ1) is 8.78. The molecule has 0 bridgehead atoms. The summed E-state index contributed by atoms with van der Waals surface area (Å²) in [6.07, 6.45) is 3.50. The van der Waals surface area contributed by atoms with Gasteiger partial charge in [0.25, 0.3) is 0 Å². The van der Waals surface area contributed by atoms with Gasteiger partial charge in [-0.15, -0.1) is 0 Å². The smallest absolute Gasteiger partial charge is 0.172 e. The standard InChI is InChI=1S/C10H11FO/c1-3-5-8-6-4-7-9(12-2)10(8)11/h3-7H,1-2H3. The fourth-order valence-electron chi connectivity index (χ4n) is 0.994. The summed E-state index contributed by atoms with van der Waals surface area (Å²) in [5.41, 5.74) is 0.553. The summed E-state index contributed by atoms with van der Waals surface area (Å²) >= 11 is 0. The van der Waals surface area contributed by atoms with Crippen LogP contribution in [0.5, 0.6) is 5.75 Å². The summed E-state index contributed by atoms with van der Waals surface area (Å²) in [7, 11) is 1.46. The molecule has 0 fully saturated rings. The van der Waals surface area contributed by atoms with E-state index in [1.54, 1.807) is 30.4 Å². The lowest BCUT2D eigenvalue weighted by Crippen LogP contribution is -1.89. The molecule has 0 saturated carbocycles. The van der Waals surface area contributed by atoms with Crippen molar-refractivity contribution in [1.82, 2.24) is 0 Å². The molecule has 0 heterocycles. The van der Waals surface area contributed by atoms with Crippen LogP contribution in [0.3, 0.4) is 0 Å². The molecule has 0 aliphatic rings. The predicted molar refractivity (Wildman–Crippen MR) is 47.7 cm³/mol. The maximum atomic E-state index is 13.3. The molecule has 0 spiro atoms. The van der Waals surface area contributed by atoms with Gasteiger partial charge in [0.2, 0.25) is 0 Å². The highest BCUT2D eigenvalue weighted by Gasteiger charge is 2.04. The van der Waals surface area contributed by atoms with Crippen LogP contribution in [0.2, 0.25) is 0 Å². The SMILES string of the molecule is CC=Cc1cccc(OC)c1F. The molecular formula is C10H11FO. The minimum absolute atomic E-state index is 0.283. The quantitative estimate of drug-likeness (QED) is 0.656. The van der Waals surface area contributed by atoms with Crippen molar-refractivity contribution in [2.75, 3.05) is 7.11 Å². The second-order valence-electron chi connectivity index (χ2n) is 2.36. The number of hydrogen-bond acceptors (Lipinski definition) is 1. The molecule has 0 saturated heterocycles. The van der Waals surface area contributed by atoms with E-state index in [9.17, 15) is 4.39 Å². The van der Waals surface area contributed by atoms with E-state index in [0.717, 1.165) is 0 Å². The fourth-order valence-corrected chi connectivity index (χ4v) is 0.994. The van der Waals surface area contributed by atoms with Gasteiger partial charge in [0, 0.05) is 5.56 Å². The van der Waals surface area contributed by atoms with E-state index < -0.39 is 0 Å². The molecule has 0 unspecified atom stereocenters. The van der Waals surface area contributed by atoms with Gasteiger partial charge in [0.15, 0.2) is 11.6 Å². The first-order valence-corrected chi connectivity index (χ1v) is 3.74. The molecule has 0 aliphatic carbocycles. The van der Waals surface area contributed by atoms with Crippen molar-refractivity contribution in [3.8, 4) is 5.75 Å². The van der Waals surface area contributed by atoms with Crippen LogP contribution in [0, 0.1) is 5.82 Å². The summed E-state index contributed by atoms with van der Waals surface area (Å²) in [6, 6.07) is 5.07. The Hall–Kier alpha value is -1.31. The zero-order valence-corrected chi connectivity index (χ0v) is 7.17. The fraction of sp³-hybridized carbons (Fsp3) is 0.200. The second kappa shape index (κ2) is 3.90. The molecule has 0 aliphatic heterocycles. The van der Waals surface area contributed by atoms with Gasteiger partial charge in [-0.05, 0) is 13.0 Å². The lowest BCUT2D eigenvalue weighted by atomic mass is 10.2. The molecule has 1 aromatic rings. The lowest BCUT2D eigenvalue weighted by molar-refractivity contribution is 0.386. The van der Waals surface area contributed by atoms with Crippen LogP contribution in [0.25, 0.3) is 6.08 Å². The zero-order valence-electron chi connectivity index (χ0n) is 7.17. The van der Waals surface area contributed by atoms with Crippen molar-refractivity contribution in [3.05, 3.63) is 35.7 Å². The topological polar surface area (TPSA) is 9.23 Å². The number of halogens is 1. The summed E-state index contributed by atoms with van der Waals surface area (Å²) in [5.74, 6) is -0.0244. The third-order valence-electron chi connectivity index (χ3n) is 1.56. The number of hydrogen-bond donors (Lipinski definition) is 0. The highest BCUT2D eigenvalue weighted by Crippen LogP contribution is 2.20. The number of methoxy groups -OCH3 is 1. The molecule has 2 heteroatoms. The summed E-state index contributed by atoms with van der Waals surface area (Å²) in [4.78, 5) is 0. The lowest BCUT2D eigenvalue weighted by Gasteiger charge is -2.02. The largest absolute Gasteiger partial charge is 0.494 e. The van der Waals surface area contributed by atoms with E-state index in [1.807, 2.05) is 6.92 Å². The average Bonchev–Trinajstić information content (AvgIpc) is 2.09. The average molecular weight is 166 g/mol. The maximum Gasteiger partial charge on any atom is 0.172 e. The Kier molecular flexibility index (Phi) is 2.86. The zero-order chi connectivity index (χ0) is 8.97. The van der Waals surface area contributed by atoms with E-state index in [0.29, 0.717) is 5.56 Å². The molecule has 0 aromatic heterocycles. The highest BCUT2D eigenvalue weighted by atomic mass is 19.1. The molecule has 64 valence electrons. The van der Waals surface area contributed by atoms with Crippen molar-refractivity contribution in [1.29, 1.82) is 0 Å². The van der Waals surface area contributed by atoms with Gasteiger partial charge in [-0.25, -0.2) is 4.39 Å². The number of benzene rings is 1.